The van der Waals surface area contributed by atoms with Gasteiger partial charge < -0.3 is 15.2 Å². The number of pyridine rings is 1. The van der Waals surface area contributed by atoms with Crippen molar-refractivity contribution in [3.05, 3.63) is 15.3 Å². The molecule has 0 fully saturated rings. The predicted octanol–water partition coefficient (Wildman–Crippen LogP) is 2.05. The number of nitrogens with two attached hydrogens (primary N) is 1. The van der Waals surface area contributed by atoms with Gasteiger partial charge in [0.1, 0.15) is 0 Å². The summed E-state index contributed by atoms with van der Waals surface area (Å²) in [5, 5.41) is 0. The van der Waals surface area contributed by atoms with Crippen molar-refractivity contribution in [1.82, 2.24) is 4.98 Å². The number of ether oxygens (including phenoxy) is 2. The molecule has 90 valence electrons. The maximum absolute atomic E-state index is 12.0. The maximum atomic E-state index is 12.0. The normalized spacial score (nSPS) is 11.4. The monoisotopic (exact) mass is 348 g/mol. The Hall–Kier alpha value is -0.770. The summed E-state index contributed by atoms with van der Waals surface area (Å²) in [6.07, 6.45) is -3.80. The van der Waals surface area contributed by atoms with Gasteiger partial charge in [0.15, 0.2) is 5.75 Å². The average Bonchev–Trinajstić information content (AvgIpc) is 2.19. The van der Waals surface area contributed by atoms with Crippen LogP contribution in [-0.2, 0) is 6.54 Å². The van der Waals surface area contributed by atoms with E-state index < -0.39 is 6.36 Å². The van der Waals surface area contributed by atoms with Gasteiger partial charge in [-0.25, -0.2) is 4.98 Å². The van der Waals surface area contributed by atoms with Crippen LogP contribution in [-0.4, -0.2) is 18.5 Å². The summed E-state index contributed by atoms with van der Waals surface area (Å²) in [4.78, 5) is 3.68. The number of hydrogen-bond donors (Lipinski definition) is 1. The fourth-order valence-corrected chi connectivity index (χ4v) is 1.74. The molecule has 0 saturated carbocycles. The fourth-order valence-electron chi connectivity index (χ4n) is 1.04. The third kappa shape index (κ3) is 3.11. The highest BCUT2D eigenvalue weighted by Crippen LogP contribution is 2.32. The van der Waals surface area contributed by atoms with Crippen molar-refractivity contribution in [3.63, 3.8) is 0 Å². The Kier molecular flexibility index (Phi) is 4.19. The molecule has 0 bridgehead atoms. The van der Waals surface area contributed by atoms with Gasteiger partial charge in [-0.1, -0.05) is 0 Å². The second-order valence-corrected chi connectivity index (χ2v) is 3.75. The summed E-state index contributed by atoms with van der Waals surface area (Å²) in [5.41, 5.74) is 5.78. The van der Waals surface area contributed by atoms with Crippen molar-refractivity contribution >= 4 is 22.6 Å². The lowest BCUT2D eigenvalue weighted by molar-refractivity contribution is -0.275. The lowest BCUT2D eigenvalue weighted by atomic mass is 10.2. The molecule has 2 N–H and O–H groups in total. The summed E-state index contributed by atoms with van der Waals surface area (Å²) >= 11 is 1.70. The summed E-state index contributed by atoms with van der Waals surface area (Å²) in [5.74, 6) is -0.184. The van der Waals surface area contributed by atoms with Crippen molar-refractivity contribution in [1.29, 1.82) is 0 Å². The Morgan fingerprint density at radius 3 is 2.56 bits per heavy atom. The molecular formula is C8H8F3IN2O2. The van der Waals surface area contributed by atoms with Crippen LogP contribution in [0.2, 0.25) is 0 Å². The van der Waals surface area contributed by atoms with E-state index in [0.717, 1.165) is 6.20 Å². The quantitative estimate of drug-likeness (QED) is 0.850. The molecule has 8 heteroatoms. The van der Waals surface area contributed by atoms with E-state index in [2.05, 4.69) is 9.72 Å². The molecule has 0 spiro atoms. The van der Waals surface area contributed by atoms with E-state index in [-0.39, 0.29) is 21.7 Å². The molecule has 0 unspecified atom stereocenters. The second-order valence-electron chi connectivity index (χ2n) is 2.68. The highest BCUT2D eigenvalue weighted by molar-refractivity contribution is 14.1. The SMILES string of the molecule is COc1ncc(OC(F)(F)F)c(I)c1CN. The zero-order chi connectivity index (χ0) is 12.3. The predicted molar refractivity (Wildman–Crippen MR) is 58.1 cm³/mol. The Labute approximate surface area is 103 Å². The Balaban J connectivity index is 3.14. The zero-order valence-corrected chi connectivity index (χ0v) is 10.3. The first-order chi connectivity index (χ1) is 7.39. The fraction of sp³-hybridized carbons (Fsp3) is 0.375. The smallest absolute Gasteiger partial charge is 0.481 e. The van der Waals surface area contributed by atoms with E-state index in [4.69, 9.17) is 10.5 Å². The number of aromatic nitrogens is 1. The highest BCUT2D eigenvalue weighted by Gasteiger charge is 2.32. The number of alkyl halides is 3. The summed E-state index contributed by atoms with van der Waals surface area (Å²) in [6.45, 7) is 0.0174. The van der Waals surface area contributed by atoms with Crippen molar-refractivity contribution in [2.75, 3.05) is 7.11 Å². The third-order valence-corrected chi connectivity index (χ3v) is 2.84. The number of hydrogen-bond acceptors (Lipinski definition) is 4. The maximum Gasteiger partial charge on any atom is 0.573 e. The van der Waals surface area contributed by atoms with Crippen LogP contribution in [0.25, 0.3) is 0 Å². The Bertz CT molecular complexity index is 384. The molecule has 0 saturated heterocycles. The molecule has 1 aromatic rings. The minimum absolute atomic E-state index is 0.0174. The van der Waals surface area contributed by atoms with E-state index >= 15 is 0 Å². The molecule has 16 heavy (non-hydrogen) atoms. The first-order valence-corrected chi connectivity index (χ1v) is 5.14. The van der Waals surface area contributed by atoms with Gasteiger partial charge in [0.05, 0.1) is 16.9 Å². The minimum atomic E-state index is -4.75. The number of rotatable bonds is 3. The molecule has 1 rings (SSSR count). The number of nitrogens with zero attached hydrogens (tertiary/aromatic N) is 1. The van der Waals surface area contributed by atoms with E-state index in [0.29, 0.717) is 5.56 Å². The molecule has 0 aromatic carbocycles. The van der Waals surface area contributed by atoms with Crippen molar-refractivity contribution in [2.45, 2.75) is 12.9 Å². The van der Waals surface area contributed by atoms with Gasteiger partial charge in [-0.2, -0.15) is 0 Å². The molecule has 1 aromatic heterocycles. The van der Waals surface area contributed by atoms with Crippen LogP contribution >= 0.6 is 22.6 Å². The lowest BCUT2D eigenvalue weighted by Gasteiger charge is -2.13. The Morgan fingerprint density at radius 1 is 1.50 bits per heavy atom. The van der Waals surface area contributed by atoms with Crippen molar-refractivity contribution in [3.8, 4) is 11.6 Å². The summed E-state index contributed by atoms with van der Waals surface area (Å²) in [6, 6.07) is 0. The van der Waals surface area contributed by atoms with Crippen LogP contribution in [0.5, 0.6) is 11.6 Å². The molecule has 1 heterocycles. The topological polar surface area (TPSA) is 57.4 Å². The van der Waals surface area contributed by atoms with Crippen LogP contribution in [0.15, 0.2) is 6.20 Å². The summed E-state index contributed by atoms with van der Waals surface area (Å²) < 4.78 is 45.0. The van der Waals surface area contributed by atoms with Gasteiger partial charge in [-0.05, 0) is 22.6 Å². The number of halogens is 4. The van der Waals surface area contributed by atoms with Gasteiger partial charge in [0.25, 0.3) is 0 Å². The van der Waals surface area contributed by atoms with Crippen LogP contribution in [0, 0.1) is 3.57 Å². The number of methoxy groups -OCH3 is 1. The van der Waals surface area contributed by atoms with Crippen LogP contribution in [0.1, 0.15) is 5.56 Å². The Morgan fingerprint density at radius 2 is 2.12 bits per heavy atom. The average molecular weight is 348 g/mol. The first kappa shape index (κ1) is 13.3. The molecular weight excluding hydrogens is 340 g/mol. The van der Waals surface area contributed by atoms with Crippen molar-refractivity contribution < 1.29 is 22.6 Å². The second kappa shape index (κ2) is 5.04. The first-order valence-electron chi connectivity index (χ1n) is 4.06. The molecule has 4 nitrogen and oxygen atoms in total. The van der Waals surface area contributed by atoms with Gasteiger partial charge in [-0.3, -0.25) is 0 Å². The summed E-state index contributed by atoms with van der Waals surface area (Å²) in [7, 11) is 1.36. The largest absolute Gasteiger partial charge is 0.573 e. The van der Waals surface area contributed by atoms with Gasteiger partial charge in [0.2, 0.25) is 5.88 Å². The molecule has 0 amide bonds. The standard InChI is InChI=1S/C8H8F3IN2O2/c1-15-7-4(2-13)6(12)5(3-14-7)16-8(9,10)11/h3H,2,13H2,1H3. The van der Waals surface area contributed by atoms with Gasteiger partial charge in [-0.15, -0.1) is 13.2 Å². The van der Waals surface area contributed by atoms with Crippen LogP contribution in [0.4, 0.5) is 13.2 Å². The van der Waals surface area contributed by atoms with Crippen LogP contribution < -0.4 is 15.2 Å². The van der Waals surface area contributed by atoms with Gasteiger partial charge >= 0.3 is 6.36 Å². The molecule has 0 atom stereocenters. The van der Waals surface area contributed by atoms with Crippen molar-refractivity contribution in [2.24, 2.45) is 5.73 Å². The molecule has 0 aliphatic carbocycles. The van der Waals surface area contributed by atoms with E-state index in [1.54, 1.807) is 22.6 Å². The van der Waals surface area contributed by atoms with Crippen LogP contribution in [0.3, 0.4) is 0 Å². The lowest BCUT2D eigenvalue weighted by Crippen LogP contribution is -2.19. The van der Waals surface area contributed by atoms with E-state index in [1.807, 2.05) is 0 Å². The zero-order valence-electron chi connectivity index (χ0n) is 8.14. The minimum Gasteiger partial charge on any atom is -0.481 e. The highest BCUT2D eigenvalue weighted by atomic mass is 127. The molecule has 0 aliphatic heterocycles. The van der Waals surface area contributed by atoms with Gasteiger partial charge in [0, 0.05) is 12.1 Å². The van der Waals surface area contributed by atoms with E-state index in [9.17, 15) is 13.2 Å². The third-order valence-electron chi connectivity index (χ3n) is 1.66. The molecule has 0 radical (unpaired) electrons. The molecule has 0 aliphatic rings. The van der Waals surface area contributed by atoms with E-state index in [1.165, 1.54) is 7.11 Å².